The van der Waals surface area contributed by atoms with E-state index in [4.69, 9.17) is 4.74 Å². The van der Waals surface area contributed by atoms with Crippen LogP contribution in [0.15, 0.2) is 72.3 Å². The summed E-state index contributed by atoms with van der Waals surface area (Å²) < 4.78 is 5.44. The van der Waals surface area contributed by atoms with Crippen molar-refractivity contribution >= 4 is 28.4 Å². The van der Waals surface area contributed by atoms with Crippen LogP contribution in [-0.2, 0) is 4.79 Å². The Hall–Kier alpha value is -4.27. The number of nitrogens with one attached hydrogen (secondary N) is 1. The molecule has 160 valence electrons. The summed E-state index contributed by atoms with van der Waals surface area (Å²) in [4.78, 5) is 39.2. The molecule has 0 saturated heterocycles. The average molecular weight is 428 g/mol. The third kappa shape index (κ3) is 4.72. The Balaban J connectivity index is 1.41. The summed E-state index contributed by atoms with van der Waals surface area (Å²) in [5.41, 5.74) is 3.23. The van der Waals surface area contributed by atoms with Crippen LogP contribution in [0.5, 0.6) is 6.01 Å². The number of carbonyl (C=O) groups is 1. The van der Waals surface area contributed by atoms with E-state index in [0.29, 0.717) is 5.82 Å². The zero-order chi connectivity index (χ0) is 22.6. The predicted molar refractivity (Wildman–Crippen MR) is 120 cm³/mol. The van der Waals surface area contributed by atoms with Crippen molar-refractivity contribution < 1.29 is 9.53 Å². The molecule has 0 unspecified atom stereocenters. The van der Waals surface area contributed by atoms with Crippen molar-refractivity contribution in [1.82, 2.24) is 19.9 Å². The first-order valence-corrected chi connectivity index (χ1v) is 9.86. The Kier molecular flexibility index (Phi) is 5.80. The number of anilines is 2. The van der Waals surface area contributed by atoms with Crippen molar-refractivity contribution in [2.45, 2.75) is 13.8 Å². The van der Waals surface area contributed by atoms with Crippen molar-refractivity contribution in [2.75, 3.05) is 11.9 Å². The molecular weight excluding hydrogens is 408 g/mol. The maximum Gasteiger partial charge on any atom is 0.316 e. The summed E-state index contributed by atoms with van der Waals surface area (Å²) in [6.07, 6.45) is 4.96. The van der Waals surface area contributed by atoms with Crippen molar-refractivity contribution in [2.24, 2.45) is 10.6 Å². The van der Waals surface area contributed by atoms with Crippen LogP contribution in [0, 0.1) is 10.3 Å². The van der Waals surface area contributed by atoms with E-state index >= 15 is 0 Å². The molecule has 2 aromatic carbocycles. The molecule has 0 bridgehead atoms. The smallest absolute Gasteiger partial charge is 0.316 e. The van der Waals surface area contributed by atoms with E-state index in [-0.39, 0.29) is 12.6 Å². The minimum Gasteiger partial charge on any atom is -0.462 e. The van der Waals surface area contributed by atoms with E-state index in [1.165, 1.54) is 0 Å². The molecule has 32 heavy (non-hydrogen) atoms. The van der Waals surface area contributed by atoms with Crippen molar-refractivity contribution in [3.8, 4) is 17.1 Å². The maximum atomic E-state index is 11.5. The number of amides is 1. The highest BCUT2D eigenvalue weighted by Crippen LogP contribution is 2.24. The average Bonchev–Trinajstić information content (AvgIpc) is 2.83. The minimum atomic E-state index is -1.04. The molecule has 2 heterocycles. The molecule has 0 aliphatic rings. The molecule has 0 aliphatic heterocycles. The van der Waals surface area contributed by atoms with Crippen LogP contribution < -0.4 is 10.1 Å². The molecule has 4 rings (SSSR count). The number of para-hydroxylation sites is 2. The topological polar surface area (TPSA) is 119 Å². The van der Waals surface area contributed by atoms with Crippen LogP contribution in [-0.4, -0.2) is 32.4 Å². The molecule has 1 N–H and O–H groups in total. The first kappa shape index (κ1) is 21.0. The zero-order valence-electron chi connectivity index (χ0n) is 17.5. The fourth-order valence-corrected chi connectivity index (χ4v) is 2.88. The van der Waals surface area contributed by atoms with Crippen LogP contribution in [0.1, 0.15) is 13.8 Å². The SMILES string of the molecule is CC(C)(COc1ncc(-c2ccc(Nc3cnc4ccccc4n3)cc2)cn1)C(=O)N=O. The number of nitroso groups, excluding NO2 is 1. The molecule has 0 spiro atoms. The molecule has 0 fully saturated rings. The molecule has 9 heteroatoms. The van der Waals surface area contributed by atoms with Gasteiger partial charge in [0.15, 0.2) is 0 Å². The molecule has 0 saturated carbocycles. The van der Waals surface area contributed by atoms with Crippen LogP contribution in [0.2, 0.25) is 0 Å². The largest absolute Gasteiger partial charge is 0.462 e. The van der Waals surface area contributed by atoms with Crippen molar-refractivity contribution in [1.29, 1.82) is 0 Å². The third-order valence-corrected chi connectivity index (χ3v) is 4.79. The van der Waals surface area contributed by atoms with Crippen molar-refractivity contribution in [3.05, 3.63) is 72.0 Å². The van der Waals surface area contributed by atoms with E-state index in [2.05, 4.69) is 30.4 Å². The van der Waals surface area contributed by atoms with Crippen LogP contribution >= 0.6 is 0 Å². The summed E-state index contributed by atoms with van der Waals surface area (Å²) in [5.74, 6) is -0.120. The monoisotopic (exact) mass is 428 g/mol. The van der Waals surface area contributed by atoms with Gasteiger partial charge in [0, 0.05) is 28.8 Å². The number of rotatable bonds is 7. The molecule has 0 atom stereocenters. The Morgan fingerprint density at radius 2 is 1.62 bits per heavy atom. The second kappa shape index (κ2) is 8.84. The molecule has 2 aromatic heterocycles. The lowest BCUT2D eigenvalue weighted by atomic mass is 9.94. The van der Waals surface area contributed by atoms with Gasteiger partial charge in [0.2, 0.25) is 0 Å². The Morgan fingerprint density at radius 3 is 2.31 bits per heavy atom. The number of nitrogens with zero attached hydrogens (tertiary/aromatic N) is 5. The van der Waals surface area contributed by atoms with Gasteiger partial charge in [-0.3, -0.25) is 9.78 Å². The van der Waals surface area contributed by atoms with Gasteiger partial charge in [-0.2, -0.15) is 0 Å². The standard InChI is InChI=1S/C23H20N6O3/c1-23(2,21(30)29-31)14-32-22-25-11-16(12-26-22)15-7-9-17(10-8-15)27-20-13-24-18-5-3-4-6-19(18)28-20/h3-13H,14H2,1-2H3,(H,27,28). The summed E-state index contributed by atoms with van der Waals surface area (Å²) in [5, 5.41) is 5.70. The molecular formula is C23H20N6O3. The van der Waals surface area contributed by atoms with E-state index in [1.54, 1.807) is 32.4 Å². The number of hydrogen-bond acceptors (Lipinski definition) is 8. The summed E-state index contributed by atoms with van der Waals surface area (Å²) >= 11 is 0. The number of carbonyl (C=O) groups excluding carboxylic acids is 1. The third-order valence-electron chi connectivity index (χ3n) is 4.79. The second-order valence-corrected chi connectivity index (χ2v) is 7.77. The summed E-state index contributed by atoms with van der Waals surface area (Å²) in [6.45, 7) is 3.10. The zero-order valence-corrected chi connectivity index (χ0v) is 17.5. The first-order chi connectivity index (χ1) is 15.4. The van der Waals surface area contributed by atoms with E-state index in [0.717, 1.165) is 27.8 Å². The normalized spacial score (nSPS) is 11.2. The summed E-state index contributed by atoms with van der Waals surface area (Å²) in [7, 11) is 0. The van der Waals surface area contributed by atoms with Gasteiger partial charge in [-0.1, -0.05) is 24.3 Å². The fourth-order valence-electron chi connectivity index (χ4n) is 2.88. The van der Waals surface area contributed by atoms with Gasteiger partial charge < -0.3 is 10.1 Å². The Bertz CT molecular complexity index is 1260. The molecule has 9 nitrogen and oxygen atoms in total. The number of benzene rings is 2. The Morgan fingerprint density at radius 1 is 0.938 bits per heavy atom. The van der Waals surface area contributed by atoms with E-state index in [1.807, 2.05) is 48.5 Å². The first-order valence-electron chi connectivity index (χ1n) is 9.86. The highest BCUT2D eigenvalue weighted by molar-refractivity contribution is 5.82. The number of fused-ring (bicyclic) bond motifs is 1. The maximum absolute atomic E-state index is 11.5. The number of hydrogen-bond donors (Lipinski definition) is 1. The van der Waals surface area contributed by atoms with Gasteiger partial charge >= 0.3 is 6.01 Å². The van der Waals surface area contributed by atoms with Crippen molar-refractivity contribution in [3.63, 3.8) is 0 Å². The van der Waals surface area contributed by atoms with E-state index < -0.39 is 11.3 Å². The lowest BCUT2D eigenvalue weighted by molar-refractivity contribution is -0.127. The van der Waals surface area contributed by atoms with Gasteiger partial charge in [0.1, 0.15) is 12.4 Å². The molecule has 0 aliphatic carbocycles. The van der Waals surface area contributed by atoms with Crippen LogP contribution in [0.3, 0.4) is 0 Å². The fraction of sp³-hybridized carbons (Fsp3) is 0.174. The van der Waals surface area contributed by atoms with Gasteiger partial charge in [0.05, 0.1) is 22.6 Å². The molecule has 4 aromatic rings. The second-order valence-electron chi connectivity index (χ2n) is 7.77. The number of ether oxygens (including phenoxy) is 1. The van der Waals surface area contributed by atoms with Crippen LogP contribution in [0.4, 0.5) is 11.5 Å². The quantitative estimate of drug-likeness (QED) is 0.426. The highest BCUT2D eigenvalue weighted by Gasteiger charge is 2.30. The molecule has 0 radical (unpaired) electrons. The lowest BCUT2D eigenvalue weighted by Crippen LogP contribution is -2.29. The lowest BCUT2D eigenvalue weighted by Gasteiger charge is -2.18. The van der Waals surface area contributed by atoms with Gasteiger partial charge in [-0.25, -0.2) is 15.0 Å². The predicted octanol–water partition coefficient (Wildman–Crippen LogP) is 4.53. The van der Waals surface area contributed by atoms with Gasteiger partial charge in [0.25, 0.3) is 5.91 Å². The summed E-state index contributed by atoms with van der Waals surface area (Å²) in [6, 6.07) is 15.5. The van der Waals surface area contributed by atoms with Gasteiger partial charge in [-0.05, 0) is 43.7 Å². The van der Waals surface area contributed by atoms with E-state index in [9.17, 15) is 9.70 Å². The molecule has 1 amide bonds. The minimum absolute atomic E-state index is 0.0467. The Labute approximate surface area is 183 Å². The van der Waals surface area contributed by atoms with Gasteiger partial charge in [-0.15, -0.1) is 4.91 Å². The van der Waals surface area contributed by atoms with Crippen LogP contribution in [0.25, 0.3) is 22.2 Å². The number of aromatic nitrogens is 4. The highest BCUT2D eigenvalue weighted by atomic mass is 16.5.